The van der Waals surface area contributed by atoms with E-state index in [-0.39, 0.29) is 56.5 Å². The minimum atomic E-state index is -5.71. The Bertz CT molecular complexity index is 1570. The Kier molecular flexibility index (Phi) is 5.40. The highest BCUT2D eigenvalue weighted by Crippen LogP contribution is 2.44. The van der Waals surface area contributed by atoms with Gasteiger partial charge in [-0.05, 0) is 31.5 Å². The summed E-state index contributed by atoms with van der Waals surface area (Å²) >= 11 is 6.03. The predicted molar refractivity (Wildman–Crippen MR) is 120 cm³/mol. The summed E-state index contributed by atoms with van der Waals surface area (Å²) in [5.41, 5.74) is 5.08. The summed E-state index contributed by atoms with van der Waals surface area (Å²) in [5.74, 6) is -5.57. The maximum absolute atomic E-state index is 13.6. The molecule has 194 valence electrons. The number of fused-ring (bicyclic) bond motifs is 2. The summed E-state index contributed by atoms with van der Waals surface area (Å²) in [7, 11) is 0. The molecule has 1 aromatic carbocycles. The van der Waals surface area contributed by atoms with Crippen LogP contribution in [0, 0.1) is 6.92 Å². The minimum absolute atomic E-state index is 0.0219. The Morgan fingerprint density at radius 1 is 1.19 bits per heavy atom. The van der Waals surface area contributed by atoms with E-state index in [9.17, 15) is 26.7 Å². The number of nitrogen functional groups attached to an aromatic ring is 1. The molecule has 10 nitrogen and oxygen atoms in total. The fraction of sp³-hybridized carbons (Fsp3) is 0.333. The summed E-state index contributed by atoms with van der Waals surface area (Å²) < 4.78 is 71.9. The number of hydrogen-bond acceptors (Lipinski definition) is 8. The first-order chi connectivity index (χ1) is 17.2. The molecule has 0 bridgehead atoms. The molecular formula is C21H16ClF5N8O2. The number of anilines is 2. The van der Waals surface area contributed by atoms with E-state index < -0.39 is 36.3 Å². The van der Waals surface area contributed by atoms with Crippen molar-refractivity contribution in [2.45, 2.75) is 44.2 Å². The Balaban J connectivity index is 1.60. The number of aryl methyl sites for hydroxylation is 2. The minimum Gasteiger partial charge on any atom is -0.424 e. The number of carbonyl (C=O) groups excluding carboxylic acids is 1. The van der Waals surface area contributed by atoms with Crippen molar-refractivity contribution in [3.8, 4) is 5.95 Å². The zero-order chi connectivity index (χ0) is 26.9. The monoisotopic (exact) mass is 542 g/mol. The van der Waals surface area contributed by atoms with E-state index in [1.54, 1.807) is 6.92 Å². The van der Waals surface area contributed by atoms with Crippen molar-refractivity contribution in [1.82, 2.24) is 29.9 Å². The van der Waals surface area contributed by atoms with Gasteiger partial charge >= 0.3 is 12.1 Å². The van der Waals surface area contributed by atoms with Gasteiger partial charge in [0.2, 0.25) is 17.7 Å². The van der Waals surface area contributed by atoms with E-state index in [2.05, 4.69) is 30.6 Å². The lowest BCUT2D eigenvalue weighted by molar-refractivity contribution is -0.284. The van der Waals surface area contributed by atoms with Gasteiger partial charge in [0.15, 0.2) is 5.41 Å². The third-order valence-corrected chi connectivity index (χ3v) is 6.30. The normalized spacial score (nSPS) is 17.9. The first kappa shape index (κ1) is 24.8. The topological polar surface area (TPSA) is 138 Å². The van der Waals surface area contributed by atoms with Crippen LogP contribution in [0.5, 0.6) is 0 Å². The second-order valence-electron chi connectivity index (χ2n) is 8.56. The van der Waals surface area contributed by atoms with Gasteiger partial charge in [-0.25, -0.2) is 0 Å². The fourth-order valence-electron chi connectivity index (χ4n) is 4.10. The molecule has 0 radical (unpaired) electrons. The van der Waals surface area contributed by atoms with Crippen LogP contribution in [0.3, 0.4) is 0 Å². The van der Waals surface area contributed by atoms with Crippen LogP contribution in [-0.2, 0) is 16.6 Å². The highest BCUT2D eigenvalue weighted by atomic mass is 35.5. The smallest absolute Gasteiger partial charge is 0.424 e. The largest absolute Gasteiger partial charge is 0.453 e. The molecule has 0 spiro atoms. The van der Waals surface area contributed by atoms with Gasteiger partial charge in [-0.15, -0.1) is 10.2 Å². The van der Waals surface area contributed by atoms with Gasteiger partial charge in [-0.2, -0.15) is 41.7 Å². The first-order valence-electron chi connectivity index (χ1n) is 10.6. The lowest BCUT2D eigenvalue weighted by Gasteiger charge is -2.18. The first-order valence-corrected chi connectivity index (χ1v) is 11.0. The van der Waals surface area contributed by atoms with Crippen LogP contribution in [0.4, 0.5) is 33.6 Å². The van der Waals surface area contributed by atoms with Gasteiger partial charge in [0, 0.05) is 23.8 Å². The van der Waals surface area contributed by atoms with Crippen molar-refractivity contribution in [1.29, 1.82) is 0 Å². The maximum Gasteiger partial charge on any atom is 0.453 e. The highest BCUT2D eigenvalue weighted by molar-refractivity contribution is 6.31. The highest BCUT2D eigenvalue weighted by Gasteiger charge is 2.56. The van der Waals surface area contributed by atoms with Crippen molar-refractivity contribution >= 4 is 40.0 Å². The van der Waals surface area contributed by atoms with Crippen LogP contribution in [-0.4, -0.2) is 48.0 Å². The lowest BCUT2D eigenvalue weighted by Crippen LogP contribution is -2.36. The zero-order valence-corrected chi connectivity index (χ0v) is 19.7. The van der Waals surface area contributed by atoms with Crippen molar-refractivity contribution in [2.75, 3.05) is 11.1 Å². The summed E-state index contributed by atoms with van der Waals surface area (Å²) in [6.45, 7) is 3.05. The quantitative estimate of drug-likeness (QED) is 0.359. The number of nitrogens with two attached hydrogens (primary N) is 1. The van der Waals surface area contributed by atoms with Crippen LogP contribution in [0.2, 0.25) is 5.02 Å². The van der Waals surface area contributed by atoms with Crippen LogP contribution < -0.4 is 11.1 Å². The molecule has 3 aromatic heterocycles. The van der Waals surface area contributed by atoms with E-state index in [1.807, 2.05) is 0 Å². The number of rotatable bonds is 5. The van der Waals surface area contributed by atoms with Crippen LogP contribution in [0.1, 0.15) is 36.4 Å². The molecule has 0 aliphatic carbocycles. The van der Waals surface area contributed by atoms with Gasteiger partial charge in [0.05, 0.1) is 16.8 Å². The van der Waals surface area contributed by atoms with Gasteiger partial charge < -0.3 is 15.5 Å². The number of hydrogen-bond donors (Lipinski definition) is 2. The molecule has 3 N–H and O–H groups in total. The Labute approximate surface area is 209 Å². The fourth-order valence-corrected chi connectivity index (χ4v) is 4.27. The average molecular weight is 543 g/mol. The molecule has 1 aliphatic heterocycles. The summed E-state index contributed by atoms with van der Waals surface area (Å²) in [4.78, 5) is 21.5. The lowest BCUT2D eigenvalue weighted by atomic mass is 9.84. The number of halogens is 6. The second-order valence-corrected chi connectivity index (χ2v) is 9.00. The molecule has 1 unspecified atom stereocenters. The molecule has 1 atom stereocenters. The van der Waals surface area contributed by atoms with Crippen molar-refractivity contribution < 1.29 is 31.2 Å². The van der Waals surface area contributed by atoms with Gasteiger partial charge in [0.1, 0.15) is 11.6 Å². The zero-order valence-electron chi connectivity index (χ0n) is 19.0. The molecule has 5 rings (SSSR count). The van der Waals surface area contributed by atoms with E-state index in [1.165, 1.54) is 25.1 Å². The Morgan fingerprint density at radius 3 is 2.57 bits per heavy atom. The van der Waals surface area contributed by atoms with E-state index >= 15 is 0 Å². The van der Waals surface area contributed by atoms with Crippen LogP contribution in [0.15, 0.2) is 22.6 Å². The van der Waals surface area contributed by atoms with E-state index in [0.717, 1.165) is 4.68 Å². The van der Waals surface area contributed by atoms with Crippen molar-refractivity contribution in [2.24, 2.45) is 0 Å². The summed E-state index contributed by atoms with van der Waals surface area (Å²) in [6.07, 6.45) is -7.95. The van der Waals surface area contributed by atoms with Gasteiger partial charge in [0.25, 0.3) is 5.95 Å². The predicted octanol–water partition coefficient (Wildman–Crippen LogP) is 4.13. The maximum atomic E-state index is 13.6. The molecule has 0 saturated heterocycles. The third kappa shape index (κ3) is 3.84. The number of alkyl halides is 5. The number of amides is 1. The van der Waals surface area contributed by atoms with Crippen LogP contribution in [0.25, 0.3) is 16.9 Å². The van der Waals surface area contributed by atoms with Crippen molar-refractivity contribution in [3.63, 3.8) is 0 Å². The molecule has 4 heterocycles. The second kappa shape index (κ2) is 8.06. The molecule has 16 heteroatoms. The molecule has 0 saturated carbocycles. The van der Waals surface area contributed by atoms with Gasteiger partial charge in [-0.3, -0.25) is 4.79 Å². The molecular weight excluding hydrogens is 527 g/mol. The van der Waals surface area contributed by atoms with Gasteiger partial charge in [-0.1, -0.05) is 11.6 Å². The number of carbonyl (C=O) groups is 1. The van der Waals surface area contributed by atoms with E-state index in [4.69, 9.17) is 21.8 Å². The molecule has 4 aromatic rings. The summed E-state index contributed by atoms with van der Waals surface area (Å²) in [6, 6.07) is 4.34. The standard InChI is InChI=1S/C21H16ClF5N8O2/c1-8-32-33-17(37-8)19(2)13-14(28)29-18(31-15(13)30-16(19)36)35-12-4-3-9(22)7-10(12)11(34-35)5-6-20(23,24)21(25,26)27/h3-4,7H,5-6H2,1-2H3,(H3,28,29,30,31,36). The SMILES string of the molecule is Cc1nnc(C2(C)C(=O)Nc3nc(-n4nc(CCC(F)(F)C(F)(F)F)c5cc(Cl)ccc54)nc(N)c32)o1. The molecule has 1 amide bonds. The Morgan fingerprint density at radius 2 is 1.92 bits per heavy atom. The molecule has 1 aliphatic rings. The van der Waals surface area contributed by atoms with Crippen molar-refractivity contribution in [3.05, 3.63) is 46.3 Å². The molecule has 0 fully saturated rings. The summed E-state index contributed by atoms with van der Waals surface area (Å²) in [5, 5.41) is 14.9. The third-order valence-electron chi connectivity index (χ3n) is 6.06. The van der Waals surface area contributed by atoms with E-state index in [0.29, 0.717) is 0 Å². The molecule has 37 heavy (non-hydrogen) atoms. The number of nitrogens with zero attached hydrogens (tertiary/aromatic N) is 6. The number of aromatic nitrogens is 6. The number of benzene rings is 1. The number of nitrogens with one attached hydrogen (secondary N) is 1. The average Bonchev–Trinajstić information content (AvgIpc) is 3.46. The Hall–Kier alpha value is -3.88. The van der Waals surface area contributed by atoms with Crippen LogP contribution >= 0.6 is 11.6 Å².